The van der Waals surface area contributed by atoms with Crippen LogP contribution in [0.5, 0.6) is 5.75 Å². The number of nitrogens with zero attached hydrogens (tertiary/aromatic N) is 3. The van der Waals surface area contributed by atoms with E-state index >= 15 is 0 Å². The molecule has 11 nitrogen and oxygen atoms in total. The van der Waals surface area contributed by atoms with Gasteiger partial charge in [-0.25, -0.2) is 18.4 Å². The van der Waals surface area contributed by atoms with Crippen molar-refractivity contribution in [1.29, 1.82) is 0 Å². The monoisotopic (exact) mass is 684 g/mol. The Bertz CT molecular complexity index is 1870. The molecule has 0 aliphatic carbocycles. The Morgan fingerprint density at radius 1 is 0.857 bits per heavy atom. The number of benzene rings is 4. The molecule has 12 heteroatoms. The summed E-state index contributed by atoms with van der Waals surface area (Å²) in [4.78, 5) is 39.1. The van der Waals surface area contributed by atoms with Gasteiger partial charge < -0.3 is 4.74 Å². The molecular weight excluding hydrogens is 644 g/mol. The van der Waals surface area contributed by atoms with Gasteiger partial charge in [-0.2, -0.15) is 4.72 Å². The minimum atomic E-state index is -4.15. The first-order valence-electron chi connectivity index (χ1n) is 16.4. The number of nitrogens with one attached hydrogen (secondary N) is 1. The molecule has 2 atom stereocenters. The lowest BCUT2D eigenvalue weighted by molar-refractivity contribution is -0.384. The Labute approximate surface area is 286 Å². The minimum Gasteiger partial charge on any atom is -0.493 e. The Morgan fingerprint density at radius 2 is 1.51 bits per heavy atom. The van der Waals surface area contributed by atoms with Crippen molar-refractivity contribution in [2.75, 3.05) is 6.61 Å². The van der Waals surface area contributed by atoms with Crippen LogP contribution in [-0.2, 0) is 21.2 Å². The van der Waals surface area contributed by atoms with Crippen molar-refractivity contribution in [2.24, 2.45) is 0 Å². The molecule has 2 amide bonds. The number of para-hydroxylation sites is 1. The lowest BCUT2D eigenvalue weighted by Gasteiger charge is -2.19. The number of hydrogen-bond acceptors (Lipinski definition) is 7. The SMILES string of the molecule is CCCCCCCOc1ccccc1[C@H]1N(C(=O)c2ccc([N+](=O)[O-])cc2)N1C(=O)[C@H](Cc1ccccc1)NS(=O)(=O)c1ccc(C)cc1. The van der Waals surface area contributed by atoms with E-state index in [1.807, 2.05) is 13.0 Å². The summed E-state index contributed by atoms with van der Waals surface area (Å²) in [6.45, 7) is 4.44. The number of sulfonamides is 1. The topological polar surface area (TPSA) is 139 Å². The number of hydrogen-bond donors (Lipinski definition) is 1. The Morgan fingerprint density at radius 3 is 2.18 bits per heavy atom. The molecule has 0 aromatic heterocycles. The van der Waals surface area contributed by atoms with Crippen LogP contribution in [-0.4, -0.2) is 47.8 Å². The zero-order chi connectivity index (χ0) is 35.0. The van der Waals surface area contributed by atoms with Crippen molar-refractivity contribution in [3.63, 3.8) is 0 Å². The lowest BCUT2D eigenvalue weighted by Crippen LogP contribution is -2.46. The van der Waals surface area contributed by atoms with Crippen LogP contribution in [0.3, 0.4) is 0 Å². The van der Waals surface area contributed by atoms with Crippen LogP contribution >= 0.6 is 0 Å². The molecule has 1 saturated heterocycles. The summed E-state index contributed by atoms with van der Waals surface area (Å²) in [5, 5.41) is 13.7. The molecule has 0 saturated carbocycles. The number of nitro groups is 1. The summed E-state index contributed by atoms with van der Waals surface area (Å²) < 4.78 is 36.0. The van der Waals surface area contributed by atoms with Crippen LogP contribution in [0.1, 0.15) is 72.2 Å². The molecule has 5 rings (SSSR count). The molecule has 1 N–H and O–H groups in total. The summed E-state index contributed by atoms with van der Waals surface area (Å²) in [6.07, 6.45) is 4.33. The maximum absolute atomic E-state index is 14.5. The first kappa shape index (κ1) is 35.2. The van der Waals surface area contributed by atoms with Crippen molar-refractivity contribution in [1.82, 2.24) is 14.7 Å². The van der Waals surface area contributed by atoms with Gasteiger partial charge in [0, 0.05) is 23.3 Å². The number of unbranched alkanes of at least 4 members (excludes halogenated alkanes) is 4. The number of carbonyl (C=O) groups excluding carboxylic acids is 2. The molecule has 1 heterocycles. The lowest BCUT2D eigenvalue weighted by atomic mass is 10.1. The number of nitro benzene ring substituents is 1. The zero-order valence-electron chi connectivity index (χ0n) is 27.5. The van der Waals surface area contributed by atoms with Crippen molar-refractivity contribution < 1.29 is 27.7 Å². The number of hydrazine groups is 1. The third kappa shape index (κ3) is 8.70. The van der Waals surface area contributed by atoms with E-state index in [2.05, 4.69) is 11.6 Å². The number of amides is 2. The fourth-order valence-electron chi connectivity index (χ4n) is 5.60. The van der Waals surface area contributed by atoms with Gasteiger partial charge in [-0.05, 0) is 55.7 Å². The molecule has 49 heavy (non-hydrogen) atoms. The molecule has 1 fully saturated rings. The molecule has 1 aliphatic heterocycles. The van der Waals surface area contributed by atoms with Gasteiger partial charge in [0.25, 0.3) is 17.5 Å². The van der Waals surface area contributed by atoms with Crippen LogP contribution < -0.4 is 9.46 Å². The highest BCUT2D eigenvalue weighted by Crippen LogP contribution is 2.47. The quantitative estimate of drug-likeness (QED) is 0.0597. The minimum absolute atomic E-state index is 0.00260. The van der Waals surface area contributed by atoms with Crippen LogP contribution in [0.2, 0.25) is 0 Å². The summed E-state index contributed by atoms with van der Waals surface area (Å²) in [5.74, 6) is -0.726. The summed E-state index contributed by atoms with van der Waals surface area (Å²) in [7, 11) is -4.15. The van der Waals surface area contributed by atoms with E-state index in [-0.39, 0.29) is 22.6 Å². The Balaban J connectivity index is 1.48. The van der Waals surface area contributed by atoms with Gasteiger partial charge in [-0.1, -0.05) is 98.8 Å². The number of aryl methyl sites for hydroxylation is 1. The van der Waals surface area contributed by atoms with Gasteiger partial charge in [-0.15, -0.1) is 0 Å². The highest BCUT2D eigenvalue weighted by atomic mass is 32.2. The number of rotatable bonds is 16. The second-order valence-corrected chi connectivity index (χ2v) is 13.7. The van der Waals surface area contributed by atoms with Gasteiger partial charge in [0.15, 0.2) is 6.17 Å². The molecule has 1 aliphatic rings. The first-order valence-corrected chi connectivity index (χ1v) is 17.8. The standard InChI is InChI=1S/C37H40N4O7S/c1-3-4-5-6-12-25-48-34-16-11-10-15-32(34)35-39(36(42)29-19-21-30(22-20-29)41(44)45)40(35)37(43)33(26-28-13-8-7-9-14-28)38-49(46,47)31-23-17-27(2)18-24-31/h7-11,13-24,33,35,38H,3-6,12,25-26H2,1-2H3/t33-,35-,39?,40?/m0/s1. The highest BCUT2D eigenvalue weighted by molar-refractivity contribution is 7.89. The summed E-state index contributed by atoms with van der Waals surface area (Å²) in [5.41, 5.74) is 2.09. The first-order chi connectivity index (χ1) is 23.6. The maximum atomic E-state index is 14.5. The van der Waals surface area contributed by atoms with E-state index in [1.54, 1.807) is 60.7 Å². The maximum Gasteiger partial charge on any atom is 0.274 e. The smallest absolute Gasteiger partial charge is 0.274 e. The van der Waals surface area contributed by atoms with Crippen molar-refractivity contribution in [3.8, 4) is 5.75 Å². The van der Waals surface area contributed by atoms with Crippen LogP contribution in [0.4, 0.5) is 5.69 Å². The van der Waals surface area contributed by atoms with Crippen molar-refractivity contribution in [2.45, 2.75) is 69.5 Å². The van der Waals surface area contributed by atoms with Crippen LogP contribution in [0.25, 0.3) is 0 Å². The number of non-ortho nitro benzene ring substituents is 1. The van der Waals surface area contributed by atoms with E-state index in [1.165, 1.54) is 46.4 Å². The van der Waals surface area contributed by atoms with Gasteiger partial charge in [0.05, 0.1) is 16.4 Å². The van der Waals surface area contributed by atoms with Gasteiger partial charge in [-0.3, -0.25) is 19.7 Å². The summed E-state index contributed by atoms with van der Waals surface area (Å²) >= 11 is 0. The Hall–Kier alpha value is -5.07. The normalized spacial score (nSPS) is 14.7. The van der Waals surface area contributed by atoms with Gasteiger partial charge in [0.2, 0.25) is 10.0 Å². The number of carbonyl (C=O) groups is 2. The van der Waals surface area contributed by atoms with Crippen LogP contribution in [0.15, 0.2) is 108 Å². The highest BCUT2D eigenvalue weighted by Gasteiger charge is 2.56. The predicted molar refractivity (Wildman–Crippen MR) is 185 cm³/mol. The third-order valence-electron chi connectivity index (χ3n) is 8.31. The molecule has 4 aromatic rings. The van der Waals surface area contributed by atoms with E-state index < -0.39 is 39.0 Å². The van der Waals surface area contributed by atoms with E-state index in [0.29, 0.717) is 23.5 Å². The van der Waals surface area contributed by atoms with Crippen LogP contribution in [0, 0.1) is 17.0 Å². The van der Waals surface area contributed by atoms with Gasteiger partial charge >= 0.3 is 0 Å². The predicted octanol–water partition coefficient (Wildman–Crippen LogP) is 6.74. The molecule has 0 radical (unpaired) electrons. The molecule has 0 spiro atoms. The molecule has 4 aromatic carbocycles. The fourth-order valence-corrected chi connectivity index (χ4v) is 6.79. The van der Waals surface area contributed by atoms with Crippen molar-refractivity contribution >= 4 is 27.5 Å². The third-order valence-corrected chi connectivity index (χ3v) is 9.80. The fraction of sp³-hybridized carbons (Fsp3) is 0.297. The molecule has 0 unspecified atom stereocenters. The van der Waals surface area contributed by atoms with E-state index in [4.69, 9.17) is 4.74 Å². The molecular formula is C37H40N4O7S. The van der Waals surface area contributed by atoms with Crippen molar-refractivity contribution in [3.05, 3.63) is 135 Å². The number of ether oxygens (including phenoxy) is 1. The zero-order valence-corrected chi connectivity index (χ0v) is 28.3. The average molecular weight is 685 g/mol. The second-order valence-electron chi connectivity index (χ2n) is 12.0. The summed E-state index contributed by atoms with van der Waals surface area (Å²) in [6, 6.07) is 26.3. The average Bonchev–Trinajstić information content (AvgIpc) is 3.85. The largest absolute Gasteiger partial charge is 0.493 e. The molecule has 256 valence electrons. The Kier molecular flexibility index (Phi) is 11.4. The molecule has 0 bridgehead atoms. The second kappa shape index (κ2) is 15.9. The van der Waals surface area contributed by atoms with Gasteiger partial charge in [0.1, 0.15) is 11.8 Å². The van der Waals surface area contributed by atoms with E-state index in [0.717, 1.165) is 37.7 Å². The van der Waals surface area contributed by atoms with E-state index in [9.17, 15) is 28.1 Å².